The van der Waals surface area contributed by atoms with Crippen LogP contribution in [0, 0.1) is 5.82 Å². The Labute approximate surface area is 170 Å². The molecule has 0 aromatic heterocycles. The zero-order chi connectivity index (χ0) is 21.3. The van der Waals surface area contributed by atoms with E-state index < -0.39 is 28.3 Å². The molecule has 0 fully saturated rings. The Morgan fingerprint density at radius 3 is 2.41 bits per heavy atom. The third-order valence-electron chi connectivity index (χ3n) is 3.85. The van der Waals surface area contributed by atoms with E-state index in [1.54, 1.807) is 24.3 Å². The molecule has 1 amide bonds. The van der Waals surface area contributed by atoms with Gasteiger partial charge >= 0.3 is 0 Å². The van der Waals surface area contributed by atoms with Crippen molar-refractivity contribution in [3.63, 3.8) is 0 Å². The molecule has 0 unspecified atom stereocenters. The fraction of sp³-hybridized carbons (Fsp3) is 0.300. The minimum Gasteiger partial charge on any atom is -0.494 e. The van der Waals surface area contributed by atoms with Gasteiger partial charge in [-0.05, 0) is 60.5 Å². The number of hydrazone groups is 1. The van der Waals surface area contributed by atoms with Gasteiger partial charge < -0.3 is 4.74 Å². The standard InChI is InChI=1S/C20H24FN3O4S/c1-3-4-13-28-19-11-5-16(6-12-19)14-22-23-20(25)15-24(29(2,26)27)18-9-7-17(21)8-10-18/h5-12,14H,3-4,13,15H2,1-2H3,(H,23,25)/b22-14-. The average molecular weight is 421 g/mol. The summed E-state index contributed by atoms with van der Waals surface area (Å²) in [4.78, 5) is 12.1. The van der Waals surface area contributed by atoms with Crippen molar-refractivity contribution in [3.05, 3.63) is 59.9 Å². The van der Waals surface area contributed by atoms with Crippen LogP contribution in [0.5, 0.6) is 5.75 Å². The third kappa shape index (κ3) is 7.53. The summed E-state index contributed by atoms with van der Waals surface area (Å²) in [6.45, 7) is 2.27. The van der Waals surface area contributed by atoms with E-state index in [1.807, 2.05) is 0 Å². The summed E-state index contributed by atoms with van der Waals surface area (Å²) in [5.41, 5.74) is 3.22. The SMILES string of the molecule is CCCCOc1ccc(/C=N\NC(=O)CN(c2ccc(F)cc2)S(C)(=O)=O)cc1. The number of hydrogen-bond donors (Lipinski definition) is 1. The second-order valence-electron chi connectivity index (χ2n) is 6.31. The minimum atomic E-state index is -3.73. The molecular weight excluding hydrogens is 397 g/mol. The topological polar surface area (TPSA) is 88.1 Å². The number of rotatable bonds is 10. The molecule has 0 heterocycles. The zero-order valence-corrected chi connectivity index (χ0v) is 17.2. The first-order chi connectivity index (χ1) is 13.8. The normalized spacial score (nSPS) is 11.4. The number of benzene rings is 2. The number of nitrogens with zero attached hydrogens (tertiary/aromatic N) is 2. The summed E-state index contributed by atoms with van der Waals surface area (Å²) in [5.74, 6) is -0.378. The maximum absolute atomic E-state index is 13.1. The first-order valence-electron chi connectivity index (χ1n) is 9.07. The van der Waals surface area contributed by atoms with Crippen LogP contribution < -0.4 is 14.5 Å². The Morgan fingerprint density at radius 1 is 1.17 bits per heavy atom. The summed E-state index contributed by atoms with van der Waals surface area (Å²) in [6.07, 6.45) is 4.45. The van der Waals surface area contributed by atoms with Crippen molar-refractivity contribution >= 4 is 27.8 Å². The molecule has 0 saturated heterocycles. The number of amides is 1. The lowest BCUT2D eigenvalue weighted by Gasteiger charge is -2.21. The highest BCUT2D eigenvalue weighted by atomic mass is 32.2. The Kier molecular flexibility index (Phi) is 8.14. The number of nitrogens with one attached hydrogen (secondary N) is 1. The molecule has 29 heavy (non-hydrogen) atoms. The van der Waals surface area contributed by atoms with Crippen LogP contribution in [0.1, 0.15) is 25.3 Å². The molecule has 2 aromatic rings. The van der Waals surface area contributed by atoms with Gasteiger partial charge in [0.05, 0.1) is 24.8 Å². The summed E-state index contributed by atoms with van der Waals surface area (Å²) < 4.78 is 43.5. The predicted octanol–water partition coefficient (Wildman–Crippen LogP) is 2.92. The first-order valence-corrected chi connectivity index (χ1v) is 10.9. The van der Waals surface area contributed by atoms with Crippen LogP contribution in [0.25, 0.3) is 0 Å². The molecule has 0 aliphatic rings. The molecule has 0 atom stereocenters. The number of ether oxygens (including phenoxy) is 1. The number of hydrogen-bond acceptors (Lipinski definition) is 5. The Morgan fingerprint density at radius 2 is 1.83 bits per heavy atom. The predicted molar refractivity (Wildman–Crippen MR) is 111 cm³/mol. The Hall–Kier alpha value is -2.94. The van der Waals surface area contributed by atoms with Gasteiger partial charge in [-0.3, -0.25) is 9.10 Å². The molecule has 9 heteroatoms. The van der Waals surface area contributed by atoms with E-state index in [-0.39, 0.29) is 5.69 Å². The molecule has 0 aliphatic heterocycles. The number of halogens is 1. The third-order valence-corrected chi connectivity index (χ3v) is 4.99. The molecule has 0 saturated carbocycles. The van der Waals surface area contributed by atoms with E-state index in [4.69, 9.17) is 4.74 Å². The van der Waals surface area contributed by atoms with E-state index in [9.17, 15) is 17.6 Å². The Bertz CT molecular complexity index is 929. The summed E-state index contributed by atoms with van der Waals surface area (Å²) in [5, 5.41) is 3.84. The van der Waals surface area contributed by atoms with Gasteiger partial charge in [0.15, 0.2) is 0 Å². The molecule has 2 aromatic carbocycles. The molecular formula is C20H24FN3O4S. The van der Waals surface area contributed by atoms with Crippen LogP contribution in [0.3, 0.4) is 0 Å². The van der Waals surface area contributed by atoms with Gasteiger partial charge in [0.25, 0.3) is 5.91 Å². The summed E-state index contributed by atoms with van der Waals surface area (Å²) >= 11 is 0. The maximum atomic E-state index is 13.1. The van der Waals surface area contributed by atoms with Crippen molar-refractivity contribution in [2.75, 3.05) is 23.7 Å². The number of sulfonamides is 1. The molecule has 0 aliphatic carbocycles. The van der Waals surface area contributed by atoms with E-state index in [0.29, 0.717) is 6.61 Å². The van der Waals surface area contributed by atoms with Crippen LogP contribution in [0.15, 0.2) is 53.6 Å². The van der Waals surface area contributed by atoms with Crippen molar-refractivity contribution in [2.24, 2.45) is 5.10 Å². The molecule has 1 N–H and O–H groups in total. The molecule has 2 rings (SSSR count). The lowest BCUT2D eigenvalue weighted by Crippen LogP contribution is -2.39. The quantitative estimate of drug-likeness (QED) is 0.363. The van der Waals surface area contributed by atoms with Crippen molar-refractivity contribution < 1.29 is 22.3 Å². The van der Waals surface area contributed by atoms with E-state index in [1.165, 1.54) is 18.3 Å². The van der Waals surface area contributed by atoms with Gasteiger partial charge in [0, 0.05) is 0 Å². The number of anilines is 1. The number of carbonyl (C=O) groups is 1. The van der Waals surface area contributed by atoms with Crippen LogP contribution >= 0.6 is 0 Å². The van der Waals surface area contributed by atoms with Crippen molar-refractivity contribution in [2.45, 2.75) is 19.8 Å². The second kappa shape index (κ2) is 10.6. The largest absolute Gasteiger partial charge is 0.494 e. The summed E-state index contributed by atoms with van der Waals surface area (Å²) in [6, 6.07) is 12.0. The van der Waals surface area contributed by atoms with Gasteiger partial charge in [0.2, 0.25) is 10.0 Å². The van der Waals surface area contributed by atoms with Gasteiger partial charge in [-0.2, -0.15) is 5.10 Å². The fourth-order valence-electron chi connectivity index (χ4n) is 2.34. The Balaban J connectivity index is 1.94. The monoisotopic (exact) mass is 421 g/mol. The fourth-order valence-corrected chi connectivity index (χ4v) is 3.19. The van der Waals surface area contributed by atoms with Gasteiger partial charge in [-0.25, -0.2) is 18.2 Å². The molecule has 156 valence electrons. The van der Waals surface area contributed by atoms with Crippen molar-refractivity contribution in [1.29, 1.82) is 0 Å². The second-order valence-corrected chi connectivity index (χ2v) is 8.22. The maximum Gasteiger partial charge on any atom is 0.260 e. The van der Waals surface area contributed by atoms with Gasteiger partial charge in [0.1, 0.15) is 18.1 Å². The highest BCUT2D eigenvalue weighted by Gasteiger charge is 2.20. The average Bonchev–Trinajstić information content (AvgIpc) is 2.67. The van der Waals surface area contributed by atoms with Crippen LogP contribution in [0.2, 0.25) is 0 Å². The number of carbonyl (C=O) groups excluding carboxylic acids is 1. The lowest BCUT2D eigenvalue weighted by atomic mass is 10.2. The van der Waals surface area contributed by atoms with Gasteiger partial charge in [-0.1, -0.05) is 13.3 Å². The summed E-state index contributed by atoms with van der Waals surface area (Å²) in [7, 11) is -3.73. The van der Waals surface area contributed by atoms with E-state index >= 15 is 0 Å². The van der Waals surface area contributed by atoms with E-state index in [0.717, 1.165) is 46.8 Å². The van der Waals surface area contributed by atoms with Crippen molar-refractivity contribution in [1.82, 2.24) is 5.43 Å². The molecule has 0 bridgehead atoms. The molecule has 0 radical (unpaired) electrons. The highest BCUT2D eigenvalue weighted by Crippen LogP contribution is 2.17. The zero-order valence-electron chi connectivity index (χ0n) is 16.3. The first kappa shape index (κ1) is 22.4. The lowest BCUT2D eigenvalue weighted by molar-refractivity contribution is -0.119. The molecule has 0 spiro atoms. The van der Waals surface area contributed by atoms with Crippen molar-refractivity contribution in [3.8, 4) is 5.75 Å². The minimum absolute atomic E-state index is 0.187. The molecule has 7 nitrogen and oxygen atoms in total. The van der Waals surface area contributed by atoms with Gasteiger partial charge in [-0.15, -0.1) is 0 Å². The van der Waals surface area contributed by atoms with Crippen LogP contribution in [0.4, 0.5) is 10.1 Å². The van der Waals surface area contributed by atoms with Crippen LogP contribution in [-0.2, 0) is 14.8 Å². The number of unbranched alkanes of at least 4 members (excludes halogenated alkanes) is 1. The highest BCUT2D eigenvalue weighted by molar-refractivity contribution is 7.92. The van der Waals surface area contributed by atoms with E-state index in [2.05, 4.69) is 17.5 Å². The van der Waals surface area contributed by atoms with Crippen LogP contribution in [-0.4, -0.2) is 39.9 Å². The smallest absolute Gasteiger partial charge is 0.260 e.